The minimum atomic E-state index is 0.235. The van der Waals surface area contributed by atoms with E-state index in [-0.39, 0.29) is 6.04 Å². The van der Waals surface area contributed by atoms with Gasteiger partial charge in [-0.2, -0.15) is 0 Å². The Bertz CT molecular complexity index is 627. The molecule has 0 saturated heterocycles. The summed E-state index contributed by atoms with van der Waals surface area (Å²) in [6, 6.07) is 12.7. The third kappa shape index (κ3) is 2.19. The summed E-state index contributed by atoms with van der Waals surface area (Å²) in [5.74, 6) is 0.981. The molecule has 0 aliphatic heterocycles. The van der Waals surface area contributed by atoms with Crippen LogP contribution in [0.25, 0.3) is 10.1 Å². The molecule has 1 unspecified atom stereocenters. The van der Waals surface area contributed by atoms with Crippen LogP contribution in [0.15, 0.2) is 52.5 Å². The number of hydrogen-bond acceptors (Lipinski definition) is 3. The molecule has 0 fully saturated rings. The van der Waals surface area contributed by atoms with Crippen LogP contribution >= 0.6 is 11.3 Å². The maximum Gasteiger partial charge on any atom is 0.120 e. The maximum atomic E-state index is 5.39. The van der Waals surface area contributed by atoms with Crippen LogP contribution in [0.2, 0.25) is 0 Å². The van der Waals surface area contributed by atoms with E-state index in [1.165, 1.54) is 15.6 Å². The lowest BCUT2D eigenvalue weighted by Crippen LogP contribution is -2.17. The molecule has 1 atom stereocenters. The number of furan rings is 1. The Kier molecular flexibility index (Phi) is 3.17. The molecule has 1 N–H and O–H groups in total. The molecule has 0 radical (unpaired) electrons. The number of benzene rings is 1. The van der Waals surface area contributed by atoms with Crippen LogP contribution in [0.3, 0.4) is 0 Å². The van der Waals surface area contributed by atoms with Gasteiger partial charge in [-0.05, 0) is 41.5 Å². The van der Waals surface area contributed by atoms with Gasteiger partial charge in [-0.1, -0.05) is 18.2 Å². The normalized spacial score (nSPS) is 12.9. The summed E-state index contributed by atoms with van der Waals surface area (Å²) in [6.07, 6.45) is 1.72. The standard InChI is InChI=1S/C15H15NOS/c1-11(14-6-4-8-17-14)16-9-12-10-18-15-7-3-2-5-13(12)15/h2-8,10-11,16H,9H2,1H3. The van der Waals surface area contributed by atoms with Gasteiger partial charge in [0.25, 0.3) is 0 Å². The minimum absolute atomic E-state index is 0.235. The van der Waals surface area contributed by atoms with Gasteiger partial charge in [0.15, 0.2) is 0 Å². The van der Waals surface area contributed by atoms with Gasteiger partial charge in [0, 0.05) is 11.2 Å². The first-order valence-corrected chi connectivity index (χ1v) is 6.94. The van der Waals surface area contributed by atoms with E-state index in [0.29, 0.717) is 0 Å². The van der Waals surface area contributed by atoms with Gasteiger partial charge in [-0.3, -0.25) is 0 Å². The van der Waals surface area contributed by atoms with Crippen LogP contribution in [-0.4, -0.2) is 0 Å². The fraction of sp³-hybridized carbons (Fsp3) is 0.200. The van der Waals surface area contributed by atoms with Crippen molar-refractivity contribution >= 4 is 21.4 Å². The molecule has 2 aromatic heterocycles. The second kappa shape index (κ2) is 4.96. The molecule has 3 heteroatoms. The van der Waals surface area contributed by atoms with Gasteiger partial charge in [0.2, 0.25) is 0 Å². The molecule has 18 heavy (non-hydrogen) atoms. The van der Waals surface area contributed by atoms with Gasteiger partial charge in [-0.15, -0.1) is 11.3 Å². The van der Waals surface area contributed by atoms with E-state index < -0.39 is 0 Å². The molecule has 0 amide bonds. The second-order valence-electron chi connectivity index (χ2n) is 4.38. The maximum absolute atomic E-state index is 5.39. The first-order valence-electron chi connectivity index (χ1n) is 6.06. The Hall–Kier alpha value is -1.58. The van der Waals surface area contributed by atoms with Crippen LogP contribution in [0.1, 0.15) is 24.3 Å². The van der Waals surface area contributed by atoms with Gasteiger partial charge < -0.3 is 9.73 Å². The van der Waals surface area contributed by atoms with E-state index in [2.05, 4.69) is 41.9 Å². The summed E-state index contributed by atoms with van der Waals surface area (Å²) in [4.78, 5) is 0. The largest absolute Gasteiger partial charge is 0.468 e. The molecular weight excluding hydrogens is 242 g/mol. The summed E-state index contributed by atoms with van der Waals surface area (Å²) in [6.45, 7) is 2.99. The smallest absolute Gasteiger partial charge is 0.120 e. The summed E-state index contributed by atoms with van der Waals surface area (Å²) < 4.78 is 6.74. The highest BCUT2D eigenvalue weighted by Crippen LogP contribution is 2.26. The summed E-state index contributed by atoms with van der Waals surface area (Å²) in [7, 11) is 0. The third-order valence-electron chi connectivity index (χ3n) is 3.13. The van der Waals surface area contributed by atoms with E-state index in [0.717, 1.165) is 12.3 Å². The van der Waals surface area contributed by atoms with Crippen molar-refractivity contribution in [2.24, 2.45) is 0 Å². The molecule has 92 valence electrons. The molecule has 3 rings (SSSR count). The van der Waals surface area contributed by atoms with Crippen LogP contribution in [0, 0.1) is 0 Å². The van der Waals surface area contributed by atoms with E-state index in [1.807, 2.05) is 12.1 Å². The molecule has 0 aliphatic rings. The molecule has 0 bridgehead atoms. The van der Waals surface area contributed by atoms with Crippen LogP contribution < -0.4 is 5.32 Å². The number of hydrogen-bond donors (Lipinski definition) is 1. The van der Waals surface area contributed by atoms with E-state index in [9.17, 15) is 0 Å². The Morgan fingerprint density at radius 3 is 2.94 bits per heavy atom. The molecule has 0 spiro atoms. The Morgan fingerprint density at radius 1 is 1.22 bits per heavy atom. The van der Waals surface area contributed by atoms with Crippen molar-refractivity contribution in [2.75, 3.05) is 0 Å². The monoisotopic (exact) mass is 257 g/mol. The zero-order valence-electron chi connectivity index (χ0n) is 10.2. The SMILES string of the molecule is CC(NCc1csc2ccccc12)c1ccco1. The van der Waals surface area contributed by atoms with Gasteiger partial charge in [0.05, 0.1) is 12.3 Å². The van der Waals surface area contributed by atoms with E-state index in [1.54, 1.807) is 17.6 Å². The van der Waals surface area contributed by atoms with Crippen molar-refractivity contribution in [3.8, 4) is 0 Å². The second-order valence-corrected chi connectivity index (χ2v) is 5.29. The highest BCUT2D eigenvalue weighted by Gasteiger charge is 2.09. The summed E-state index contributed by atoms with van der Waals surface area (Å²) in [5.41, 5.74) is 1.36. The molecule has 0 saturated carbocycles. The first-order chi connectivity index (χ1) is 8.84. The minimum Gasteiger partial charge on any atom is -0.468 e. The average Bonchev–Trinajstić information content (AvgIpc) is 3.06. The van der Waals surface area contributed by atoms with Crippen LogP contribution in [-0.2, 0) is 6.54 Å². The Labute approximate surface area is 110 Å². The summed E-state index contributed by atoms with van der Waals surface area (Å²) >= 11 is 1.80. The van der Waals surface area contributed by atoms with Gasteiger partial charge in [0.1, 0.15) is 5.76 Å². The average molecular weight is 257 g/mol. The number of rotatable bonds is 4. The third-order valence-corrected chi connectivity index (χ3v) is 4.14. The zero-order chi connectivity index (χ0) is 12.4. The fourth-order valence-corrected chi connectivity index (χ4v) is 3.03. The summed E-state index contributed by atoms with van der Waals surface area (Å²) in [5, 5.41) is 7.07. The predicted octanol–water partition coefficient (Wildman–Crippen LogP) is 4.35. The molecule has 2 heterocycles. The van der Waals surface area contributed by atoms with Gasteiger partial charge in [-0.25, -0.2) is 0 Å². The molecule has 1 aromatic carbocycles. The number of fused-ring (bicyclic) bond motifs is 1. The van der Waals surface area contributed by atoms with Crippen LogP contribution in [0.5, 0.6) is 0 Å². The van der Waals surface area contributed by atoms with Crippen molar-refractivity contribution in [1.82, 2.24) is 5.32 Å². The van der Waals surface area contributed by atoms with Crippen molar-refractivity contribution in [3.63, 3.8) is 0 Å². The Morgan fingerprint density at radius 2 is 2.11 bits per heavy atom. The van der Waals surface area contributed by atoms with Gasteiger partial charge >= 0.3 is 0 Å². The highest BCUT2D eigenvalue weighted by molar-refractivity contribution is 7.17. The zero-order valence-corrected chi connectivity index (χ0v) is 11.0. The molecule has 2 nitrogen and oxygen atoms in total. The van der Waals surface area contributed by atoms with Crippen LogP contribution in [0.4, 0.5) is 0 Å². The van der Waals surface area contributed by atoms with Crippen molar-refractivity contribution < 1.29 is 4.42 Å². The molecular formula is C15H15NOS. The number of thiophene rings is 1. The lowest BCUT2D eigenvalue weighted by atomic mass is 10.1. The van der Waals surface area contributed by atoms with Crippen molar-refractivity contribution in [2.45, 2.75) is 19.5 Å². The Balaban J connectivity index is 1.73. The van der Waals surface area contributed by atoms with Crippen molar-refractivity contribution in [3.05, 3.63) is 59.4 Å². The van der Waals surface area contributed by atoms with E-state index >= 15 is 0 Å². The first kappa shape index (κ1) is 11.5. The topological polar surface area (TPSA) is 25.2 Å². The molecule has 0 aliphatic carbocycles. The molecule has 3 aromatic rings. The van der Waals surface area contributed by atoms with Crippen molar-refractivity contribution in [1.29, 1.82) is 0 Å². The lowest BCUT2D eigenvalue weighted by Gasteiger charge is -2.10. The highest BCUT2D eigenvalue weighted by atomic mass is 32.1. The quantitative estimate of drug-likeness (QED) is 0.752. The number of nitrogens with one attached hydrogen (secondary N) is 1. The van der Waals surface area contributed by atoms with E-state index in [4.69, 9.17) is 4.42 Å². The lowest BCUT2D eigenvalue weighted by molar-refractivity contribution is 0.431. The predicted molar refractivity (Wildman–Crippen MR) is 75.8 cm³/mol. The fourth-order valence-electron chi connectivity index (χ4n) is 2.07.